The number of para-hydroxylation sites is 1. The average Bonchev–Trinajstić information content (AvgIpc) is 3.07. The van der Waals surface area contributed by atoms with Crippen LogP contribution in [0.1, 0.15) is 17.5 Å². The molecule has 3 aromatic rings. The summed E-state index contributed by atoms with van der Waals surface area (Å²) in [5.41, 5.74) is 1.19. The second kappa shape index (κ2) is 8.57. The normalized spacial score (nSPS) is 16.4. The van der Waals surface area contributed by atoms with E-state index >= 15 is 0 Å². The number of nitrogens with zero attached hydrogens (tertiary/aromatic N) is 4. The number of pyridine rings is 1. The first-order chi connectivity index (χ1) is 14.3. The summed E-state index contributed by atoms with van der Waals surface area (Å²) in [5, 5.41) is 1.06. The van der Waals surface area contributed by atoms with Gasteiger partial charge >= 0.3 is 6.18 Å². The van der Waals surface area contributed by atoms with Crippen molar-refractivity contribution in [2.75, 3.05) is 39.8 Å². The van der Waals surface area contributed by atoms with E-state index in [-0.39, 0.29) is 5.02 Å². The van der Waals surface area contributed by atoms with E-state index < -0.39 is 11.7 Å². The Morgan fingerprint density at radius 2 is 1.83 bits per heavy atom. The van der Waals surface area contributed by atoms with Gasteiger partial charge in [-0.2, -0.15) is 13.2 Å². The predicted octanol–water partition coefficient (Wildman–Crippen LogP) is 4.88. The molecule has 8 heteroatoms. The molecule has 1 aliphatic rings. The number of benzene rings is 1. The highest BCUT2D eigenvalue weighted by Crippen LogP contribution is 2.33. The van der Waals surface area contributed by atoms with Gasteiger partial charge in [0.15, 0.2) is 5.82 Å². The molecule has 0 spiro atoms. The van der Waals surface area contributed by atoms with Crippen LogP contribution in [0.2, 0.25) is 5.02 Å². The van der Waals surface area contributed by atoms with E-state index in [1.54, 1.807) is 4.57 Å². The van der Waals surface area contributed by atoms with Crippen molar-refractivity contribution in [2.24, 2.45) is 0 Å². The molecule has 0 radical (unpaired) electrons. The van der Waals surface area contributed by atoms with E-state index in [1.165, 1.54) is 0 Å². The maximum atomic E-state index is 13.0. The van der Waals surface area contributed by atoms with Crippen LogP contribution in [0.25, 0.3) is 16.7 Å². The van der Waals surface area contributed by atoms with Gasteiger partial charge in [0.2, 0.25) is 0 Å². The summed E-state index contributed by atoms with van der Waals surface area (Å²) in [5.74, 6) is 0.311. The van der Waals surface area contributed by atoms with Gasteiger partial charge in [-0.15, -0.1) is 0 Å². The van der Waals surface area contributed by atoms with Crippen LogP contribution >= 0.6 is 11.6 Å². The third-order valence-corrected chi connectivity index (χ3v) is 5.97. The number of likely N-dealkylation sites (N-methyl/N-ethyl adjacent to an activating group) is 1. The Hall–Kier alpha value is -2.09. The second-order valence-corrected chi connectivity index (χ2v) is 8.22. The van der Waals surface area contributed by atoms with Gasteiger partial charge in [-0.1, -0.05) is 29.8 Å². The zero-order valence-corrected chi connectivity index (χ0v) is 17.5. The maximum absolute atomic E-state index is 13.0. The summed E-state index contributed by atoms with van der Waals surface area (Å²) in [6.45, 7) is 5.40. The van der Waals surface area contributed by atoms with Crippen molar-refractivity contribution in [1.29, 1.82) is 0 Å². The third kappa shape index (κ3) is 4.48. The number of halogens is 4. The fourth-order valence-electron chi connectivity index (χ4n) is 3.95. The Labute approximate surface area is 178 Å². The van der Waals surface area contributed by atoms with Crippen molar-refractivity contribution in [2.45, 2.75) is 19.0 Å². The van der Waals surface area contributed by atoms with Crippen LogP contribution in [-0.2, 0) is 12.6 Å². The molecule has 0 amide bonds. The number of alkyl halides is 3. The lowest BCUT2D eigenvalue weighted by atomic mass is 10.1. The van der Waals surface area contributed by atoms with Gasteiger partial charge in [0, 0.05) is 44.0 Å². The fourth-order valence-corrected chi connectivity index (χ4v) is 4.21. The molecule has 2 aromatic heterocycles. The first-order valence-corrected chi connectivity index (χ1v) is 10.4. The molecule has 0 unspecified atom stereocenters. The minimum Gasteiger partial charge on any atom is -0.304 e. The first-order valence-electron chi connectivity index (χ1n) is 10.1. The van der Waals surface area contributed by atoms with Crippen molar-refractivity contribution in [3.63, 3.8) is 0 Å². The Balaban J connectivity index is 1.57. The summed E-state index contributed by atoms with van der Waals surface area (Å²) in [6, 6.07) is 8.79. The maximum Gasteiger partial charge on any atom is 0.417 e. The highest BCUT2D eigenvalue weighted by molar-refractivity contribution is 6.32. The van der Waals surface area contributed by atoms with Crippen LogP contribution in [0.15, 0.2) is 42.7 Å². The molecule has 4 nitrogen and oxygen atoms in total. The van der Waals surface area contributed by atoms with Gasteiger partial charge in [-0.3, -0.25) is 4.57 Å². The molecule has 1 saturated heterocycles. The number of aromatic nitrogens is 2. The molecular weight excluding hydrogens is 413 g/mol. The lowest BCUT2D eigenvalue weighted by Gasteiger charge is -2.32. The highest BCUT2D eigenvalue weighted by Gasteiger charge is 2.31. The Kier molecular flexibility index (Phi) is 6.04. The van der Waals surface area contributed by atoms with Gasteiger partial charge in [0.1, 0.15) is 0 Å². The van der Waals surface area contributed by atoms with Crippen LogP contribution in [0.3, 0.4) is 0 Å². The lowest BCUT2D eigenvalue weighted by Crippen LogP contribution is -2.44. The molecule has 3 heterocycles. The van der Waals surface area contributed by atoms with Gasteiger partial charge in [-0.25, -0.2) is 4.98 Å². The van der Waals surface area contributed by atoms with Crippen molar-refractivity contribution < 1.29 is 13.2 Å². The largest absolute Gasteiger partial charge is 0.417 e. The van der Waals surface area contributed by atoms with Crippen molar-refractivity contribution in [3.05, 3.63) is 58.9 Å². The summed E-state index contributed by atoms with van der Waals surface area (Å²) in [7, 11) is 2.15. The summed E-state index contributed by atoms with van der Waals surface area (Å²) in [4.78, 5) is 8.86. The number of hydrogen-bond acceptors (Lipinski definition) is 3. The lowest BCUT2D eigenvalue weighted by molar-refractivity contribution is -0.137. The SMILES string of the molecule is CN1CCN(CCCc2cn(-c3ncc(C(F)(F)F)cc3Cl)c3ccccc23)CC1. The topological polar surface area (TPSA) is 24.3 Å². The summed E-state index contributed by atoms with van der Waals surface area (Å²) in [6.07, 6.45) is 0.228. The average molecular weight is 437 g/mol. The standard InChI is InChI=1S/C22H24ClF3N4/c1-28-9-11-29(12-10-28)8-4-5-16-15-30(20-7-3-2-6-18(16)20)21-19(23)13-17(14-27-21)22(24,25)26/h2-3,6-7,13-15H,4-5,8-12H2,1H3. The predicted molar refractivity (Wildman–Crippen MR) is 113 cm³/mol. The van der Waals surface area contributed by atoms with Crippen LogP contribution in [0.4, 0.5) is 13.2 Å². The molecule has 4 rings (SSSR count). The Morgan fingerprint density at radius 3 is 2.53 bits per heavy atom. The van der Waals surface area contributed by atoms with Crippen LogP contribution in [0.5, 0.6) is 0 Å². The molecule has 30 heavy (non-hydrogen) atoms. The monoisotopic (exact) mass is 436 g/mol. The van der Waals surface area contributed by atoms with E-state index in [1.807, 2.05) is 30.5 Å². The van der Waals surface area contributed by atoms with E-state index in [2.05, 4.69) is 21.8 Å². The molecule has 1 aliphatic heterocycles. The van der Waals surface area contributed by atoms with Gasteiger partial charge in [0.25, 0.3) is 0 Å². The van der Waals surface area contributed by atoms with Crippen LogP contribution in [-0.4, -0.2) is 59.1 Å². The molecule has 160 valence electrons. The smallest absolute Gasteiger partial charge is 0.304 e. The van der Waals surface area contributed by atoms with E-state index in [0.717, 1.165) is 74.3 Å². The molecule has 0 N–H and O–H groups in total. The minimum atomic E-state index is -4.47. The van der Waals surface area contributed by atoms with Gasteiger partial charge in [0.05, 0.1) is 16.1 Å². The molecule has 1 aromatic carbocycles. The second-order valence-electron chi connectivity index (χ2n) is 7.82. The van der Waals surface area contributed by atoms with Crippen molar-refractivity contribution >= 4 is 22.5 Å². The fraction of sp³-hybridized carbons (Fsp3) is 0.409. The molecule has 0 bridgehead atoms. The Bertz CT molecular complexity index is 1020. The van der Waals surface area contributed by atoms with E-state index in [9.17, 15) is 13.2 Å². The van der Waals surface area contributed by atoms with E-state index in [0.29, 0.717) is 5.82 Å². The number of piperazine rings is 1. The molecule has 0 aliphatic carbocycles. The summed E-state index contributed by atoms with van der Waals surface area (Å²) < 4.78 is 40.7. The van der Waals surface area contributed by atoms with Gasteiger partial charge in [-0.05, 0) is 44.1 Å². The molecule has 0 atom stereocenters. The number of fused-ring (bicyclic) bond motifs is 1. The van der Waals surface area contributed by atoms with E-state index in [4.69, 9.17) is 11.6 Å². The van der Waals surface area contributed by atoms with Crippen molar-refractivity contribution in [3.8, 4) is 5.82 Å². The zero-order chi connectivity index (χ0) is 21.3. The molecule has 0 saturated carbocycles. The van der Waals surface area contributed by atoms with Crippen LogP contribution < -0.4 is 0 Å². The van der Waals surface area contributed by atoms with Gasteiger partial charge < -0.3 is 9.80 Å². The first kappa shape index (κ1) is 21.2. The third-order valence-electron chi connectivity index (χ3n) is 5.69. The number of rotatable bonds is 5. The highest BCUT2D eigenvalue weighted by atomic mass is 35.5. The molecule has 1 fully saturated rings. The quantitative estimate of drug-likeness (QED) is 0.570. The zero-order valence-electron chi connectivity index (χ0n) is 16.8. The number of aryl methyl sites for hydroxylation is 1. The molecular formula is C22H24ClF3N4. The van der Waals surface area contributed by atoms with Crippen LogP contribution in [0, 0.1) is 0 Å². The minimum absolute atomic E-state index is 0.0189. The summed E-state index contributed by atoms with van der Waals surface area (Å²) >= 11 is 6.20. The Morgan fingerprint density at radius 1 is 1.10 bits per heavy atom. The van der Waals surface area contributed by atoms with Crippen molar-refractivity contribution in [1.82, 2.24) is 19.4 Å². The number of hydrogen-bond donors (Lipinski definition) is 0.